The van der Waals surface area contributed by atoms with Crippen LogP contribution in [0, 0.1) is 5.92 Å². The zero-order chi connectivity index (χ0) is 22.8. The summed E-state index contributed by atoms with van der Waals surface area (Å²) >= 11 is 1.60. The molecule has 0 spiro atoms. The van der Waals surface area contributed by atoms with E-state index in [4.69, 9.17) is 14.6 Å². The predicted molar refractivity (Wildman–Crippen MR) is 121 cm³/mol. The molecule has 31 heavy (non-hydrogen) atoms. The van der Waals surface area contributed by atoms with Crippen LogP contribution < -0.4 is 10.1 Å². The molecule has 0 aromatic heterocycles. The zero-order valence-corrected chi connectivity index (χ0v) is 18.5. The number of anilines is 1. The first-order valence-corrected chi connectivity index (χ1v) is 10.9. The zero-order valence-electron chi connectivity index (χ0n) is 17.7. The van der Waals surface area contributed by atoms with Gasteiger partial charge in [0, 0.05) is 16.7 Å². The number of hydrogen-bond donors (Lipinski definition) is 3. The van der Waals surface area contributed by atoms with Gasteiger partial charge in [-0.05, 0) is 67.0 Å². The molecule has 166 valence electrons. The summed E-state index contributed by atoms with van der Waals surface area (Å²) in [5, 5.41) is 21.6. The normalized spacial score (nSPS) is 12.9. The minimum Gasteiger partial charge on any atom is -0.504 e. The molecule has 0 radical (unpaired) electrons. The average molecular weight is 446 g/mol. The van der Waals surface area contributed by atoms with Crippen molar-refractivity contribution in [2.45, 2.75) is 30.8 Å². The van der Waals surface area contributed by atoms with Crippen LogP contribution in [0.25, 0.3) is 0 Å². The SMILES string of the molecule is COc1ccc([C@H](OC(=O)Nc2ccc(SC)cc2)[C@H](C)CC/C=C/C(=O)O)cc1O. The molecule has 3 N–H and O–H groups in total. The second kappa shape index (κ2) is 11.9. The molecule has 0 fully saturated rings. The molecule has 2 atom stereocenters. The van der Waals surface area contributed by atoms with Crippen molar-refractivity contribution in [3.05, 3.63) is 60.2 Å². The van der Waals surface area contributed by atoms with Crippen LogP contribution in [-0.2, 0) is 9.53 Å². The quantitative estimate of drug-likeness (QED) is 0.329. The second-order valence-electron chi connectivity index (χ2n) is 6.91. The summed E-state index contributed by atoms with van der Waals surface area (Å²) in [5.41, 5.74) is 1.22. The van der Waals surface area contributed by atoms with E-state index in [-0.39, 0.29) is 11.7 Å². The molecule has 2 aromatic carbocycles. The first-order chi connectivity index (χ1) is 14.8. The summed E-state index contributed by atoms with van der Waals surface area (Å²) in [6, 6.07) is 12.2. The van der Waals surface area contributed by atoms with Gasteiger partial charge in [0.25, 0.3) is 0 Å². The van der Waals surface area contributed by atoms with Crippen molar-refractivity contribution in [2.75, 3.05) is 18.7 Å². The lowest BCUT2D eigenvalue weighted by Crippen LogP contribution is -2.22. The Morgan fingerprint density at radius 3 is 2.48 bits per heavy atom. The Kier molecular flexibility index (Phi) is 9.27. The maximum Gasteiger partial charge on any atom is 0.412 e. The topological polar surface area (TPSA) is 105 Å². The third-order valence-corrected chi connectivity index (χ3v) is 5.41. The van der Waals surface area contributed by atoms with Gasteiger partial charge in [-0.1, -0.05) is 19.1 Å². The van der Waals surface area contributed by atoms with Gasteiger partial charge in [0.05, 0.1) is 7.11 Å². The lowest BCUT2D eigenvalue weighted by atomic mass is 9.92. The Hall–Kier alpha value is -3.13. The van der Waals surface area contributed by atoms with E-state index in [1.54, 1.807) is 42.1 Å². The number of amides is 1. The number of benzene rings is 2. The fourth-order valence-corrected chi connectivity index (χ4v) is 3.44. The number of carbonyl (C=O) groups excluding carboxylic acids is 1. The minimum atomic E-state index is -1.01. The van der Waals surface area contributed by atoms with Crippen molar-refractivity contribution >= 4 is 29.5 Å². The van der Waals surface area contributed by atoms with E-state index in [1.165, 1.54) is 13.2 Å². The van der Waals surface area contributed by atoms with Gasteiger partial charge in [-0.2, -0.15) is 0 Å². The summed E-state index contributed by atoms with van der Waals surface area (Å²) in [6.45, 7) is 1.90. The third-order valence-electron chi connectivity index (χ3n) is 4.67. The molecule has 0 saturated carbocycles. The van der Waals surface area contributed by atoms with Crippen LogP contribution in [-0.4, -0.2) is 35.6 Å². The number of aromatic hydroxyl groups is 1. The highest BCUT2D eigenvalue weighted by atomic mass is 32.2. The van der Waals surface area contributed by atoms with Gasteiger partial charge in [0.15, 0.2) is 11.5 Å². The number of carbonyl (C=O) groups is 2. The monoisotopic (exact) mass is 445 g/mol. The first kappa shape index (κ1) is 24.1. The first-order valence-electron chi connectivity index (χ1n) is 9.72. The highest BCUT2D eigenvalue weighted by molar-refractivity contribution is 7.98. The van der Waals surface area contributed by atoms with E-state index in [1.807, 2.05) is 25.3 Å². The summed E-state index contributed by atoms with van der Waals surface area (Å²) in [5.74, 6) is -0.888. The van der Waals surface area contributed by atoms with Gasteiger partial charge in [-0.25, -0.2) is 9.59 Å². The number of allylic oxidation sites excluding steroid dienone is 1. The summed E-state index contributed by atoms with van der Waals surface area (Å²) in [6.07, 6.45) is 4.44. The molecule has 7 nitrogen and oxygen atoms in total. The summed E-state index contributed by atoms with van der Waals surface area (Å²) < 4.78 is 10.8. The molecule has 0 aliphatic heterocycles. The molecule has 0 aliphatic rings. The van der Waals surface area contributed by atoms with Gasteiger partial charge >= 0.3 is 12.1 Å². The number of hydrogen-bond acceptors (Lipinski definition) is 6. The van der Waals surface area contributed by atoms with Crippen LogP contribution in [0.1, 0.15) is 31.4 Å². The third kappa shape index (κ3) is 7.57. The second-order valence-corrected chi connectivity index (χ2v) is 7.79. The molecule has 0 unspecified atom stereocenters. The van der Waals surface area contributed by atoms with Gasteiger partial charge in [0.1, 0.15) is 6.10 Å². The van der Waals surface area contributed by atoms with E-state index >= 15 is 0 Å². The van der Waals surface area contributed by atoms with Crippen molar-refractivity contribution in [1.82, 2.24) is 0 Å². The van der Waals surface area contributed by atoms with Crippen LogP contribution >= 0.6 is 11.8 Å². The Labute approximate surface area is 186 Å². The number of thioether (sulfide) groups is 1. The lowest BCUT2D eigenvalue weighted by Gasteiger charge is -2.25. The van der Waals surface area contributed by atoms with Crippen molar-refractivity contribution < 1.29 is 29.3 Å². The van der Waals surface area contributed by atoms with Gasteiger partial charge in [0.2, 0.25) is 0 Å². The highest BCUT2D eigenvalue weighted by Crippen LogP contribution is 2.35. The standard InChI is InChI=1S/C23H27NO6S/c1-15(6-4-5-7-21(26)27)22(16-8-13-20(29-2)19(25)14-16)30-23(28)24-17-9-11-18(31-3)12-10-17/h5,7-15,22,25H,4,6H2,1-3H3,(H,24,28)(H,26,27)/b7-5+/t15-,22-/m1/s1. The number of carboxylic acids is 1. The van der Waals surface area contributed by atoms with E-state index < -0.39 is 18.2 Å². The maximum atomic E-state index is 12.6. The number of rotatable bonds is 10. The molecule has 0 heterocycles. The fraction of sp³-hybridized carbons (Fsp3) is 0.304. The van der Waals surface area contributed by atoms with Crippen molar-refractivity contribution in [2.24, 2.45) is 5.92 Å². The molecular weight excluding hydrogens is 418 g/mol. The van der Waals surface area contributed by atoms with Gasteiger partial charge in [-0.3, -0.25) is 5.32 Å². The number of ether oxygens (including phenoxy) is 2. The Morgan fingerprint density at radius 1 is 1.19 bits per heavy atom. The van der Waals surface area contributed by atoms with Crippen molar-refractivity contribution in [3.63, 3.8) is 0 Å². The summed E-state index contributed by atoms with van der Waals surface area (Å²) in [7, 11) is 1.45. The Morgan fingerprint density at radius 2 is 1.90 bits per heavy atom. The smallest absolute Gasteiger partial charge is 0.412 e. The Balaban J connectivity index is 2.16. The molecular formula is C23H27NO6S. The lowest BCUT2D eigenvalue weighted by molar-refractivity contribution is -0.131. The number of phenols is 1. The van der Waals surface area contributed by atoms with Crippen LogP contribution in [0.15, 0.2) is 59.5 Å². The molecule has 8 heteroatoms. The molecule has 0 aliphatic carbocycles. The van der Waals surface area contributed by atoms with Crippen LogP contribution in [0.5, 0.6) is 11.5 Å². The molecule has 0 bridgehead atoms. The van der Waals surface area contributed by atoms with E-state index in [9.17, 15) is 14.7 Å². The highest BCUT2D eigenvalue weighted by Gasteiger charge is 2.24. The average Bonchev–Trinajstić information content (AvgIpc) is 2.75. The van der Waals surface area contributed by atoms with Crippen LogP contribution in [0.3, 0.4) is 0 Å². The summed E-state index contributed by atoms with van der Waals surface area (Å²) in [4.78, 5) is 24.3. The number of nitrogens with one attached hydrogen (secondary N) is 1. The van der Waals surface area contributed by atoms with E-state index in [0.717, 1.165) is 11.0 Å². The molecule has 1 amide bonds. The minimum absolute atomic E-state index is 0.0559. The van der Waals surface area contributed by atoms with E-state index in [0.29, 0.717) is 29.8 Å². The van der Waals surface area contributed by atoms with Crippen LogP contribution in [0.2, 0.25) is 0 Å². The number of methoxy groups -OCH3 is 1. The number of carboxylic acid groups (broad SMARTS) is 1. The van der Waals surface area contributed by atoms with Gasteiger partial charge < -0.3 is 19.7 Å². The number of phenolic OH excluding ortho intramolecular Hbond substituents is 1. The van der Waals surface area contributed by atoms with Crippen molar-refractivity contribution in [3.8, 4) is 11.5 Å². The van der Waals surface area contributed by atoms with E-state index in [2.05, 4.69) is 5.32 Å². The molecule has 2 rings (SSSR count). The fourth-order valence-electron chi connectivity index (χ4n) is 3.03. The molecule has 2 aromatic rings. The van der Waals surface area contributed by atoms with Crippen molar-refractivity contribution in [1.29, 1.82) is 0 Å². The number of aliphatic carboxylic acids is 1. The van der Waals surface area contributed by atoms with Gasteiger partial charge in [-0.15, -0.1) is 11.8 Å². The molecule has 0 saturated heterocycles. The largest absolute Gasteiger partial charge is 0.504 e. The van der Waals surface area contributed by atoms with Crippen LogP contribution in [0.4, 0.5) is 10.5 Å². The Bertz CT molecular complexity index is 913. The maximum absolute atomic E-state index is 12.6. The predicted octanol–water partition coefficient (Wildman–Crippen LogP) is 5.47.